The normalized spacial score (nSPS) is 41.4. The van der Waals surface area contributed by atoms with Gasteiger partial charge in [0.15, 0.2) is 0 Å². The van der Waals surface area contributed by atoms with Crippen molar-refractivity contribution in [1.29, 1.82) is 0 Å². The summed E-state index contributed by atoms with van der Waals surface area (Å²) in [6.07, 6.45) is 15.9. The van der Waals surface area contributed by atoms with E-state index in [1.807, 2.05) is 12.4 Å². The Hall–Kier alpha value is -1.97. The molecular formula is C39H57NO3. The maximum atomic E-state index is 14.3. The lowest BCUT2D eigenvalue weighted by atomic mass is 9.32. The Morgan fingerprint density at radius 2 is 1.63 bits per heavy atom. The van der Waals surface area contributed by atoms with Crippen molar-refractivity contribution in [2.45, 2.75) is 132 Å². The molecule has 0 N–H and O–H groups in total. The van der Waals surface area contributed by atoms with Crippen molar-refractivity contribution in [3.05, 3.63) is 35.7 Å². The van der Waals surface area contributed by atoms with E-state index in [9.17, 15) is 9.59 Å². The first-order chi connectivity index (χ1) is 20.2. The highest BCUT2D eigenvalue weighted by molar-refractivity contribution is 5.86. The Bertz CT molecular complexity index is 1310. The number of esters is 1. The van der Waals surface area contributed by atoms with E-state index in [4.69, 9.17) is 4.74 Å². The van der Waals surface area contributed by atoms with Crippen LogP contribution in [-0.4, -0.2) is 23.3 Å². The summed E-state index contributed by atoms with van der Waals surface area (Å²) in [7, 11) is 0. The molecule has 0 aliphatic heterocycles. The van der Waals surface area contributed by atoms with Gasteiger partial charge in [0.05, 0.1) is 12.0 Å². The minimum Gasteiger partial charge on any atom is -0.465 e. The van der Waals surface area contributed by atoms with Gasteiger partial charge in [-0.1, -0.05) is 67.4 Å². The Labute approximate surface area is 261 Å². The summed E-state index contributed by atoms with van der Waals surface area (Å²) >= 11 is 0. The third kappa shape index (κ3) is 4.38. The second-order valence-corrected chi connectivity index (χ2v) is 17.4. The maximum absolute atomic E-state index is 14.3. The van der Waals surface area contributed by atoms with Crippen LogP contribution in [0.5, 0.6) is 0 Å². The summed E-state index contributed by atoms with van der Waals surface area (Å²) in [4.78, 5) is 32.0. The Morgan fingerprint density at radius 1 is 0.930 bits per heavy atom. The zero-order valence-electron chi connectivity index (χ0n) is 28.4. The zero-order valence-corrected chi connectivity index (χ0v) is 28.4. The Morgan fingerprint density at radius 3 is 2.33 bits per heavy atom. The van der Waals surface area contributed by atoms with Crippen LogP contribution in [0.4, 0.5) is 0 Å². The summed E-state index contributed by atoms with van der Waals surface area (Å²) in [6, 6.07) is 4.43. The van der Waals surface area contributed by atoms with Crippen LogP contribution in [0.2, 0.25) is 0 Å². The minimum absolute atomic E-state index is 0.0145. The molecule has 4 saturated carbocycles. The second kappa shape index (κ2) is 10.3. The number of allylic oxidation sites excluding steroid dienone is 2. The molecule has 0 radical (unpaired) electrons. The number of fused-ring (bicyclic) bond motifs is 7. The van der Waals surface area contributed by atoms with Crippen LogP contribution < -0.4 is 0 Å². The van der Waals surface area contributed by atoms with Crippen LogP contribution in [0.1, 0.15) is 138 Å². The third-order valence-corrected chi connectivity index (χ3v) is 14.6. The van der Waals surface area contributed by atoms with Crippen LogP contribution in [0.25, 0.3) is 5.57 Å². The molecule has 43 heavy (non-hydrogen) atoms. The zero-order chi connectivity index (χ0) is 31.1. The number of aromatic nitrogens is 1. The number of hydrogen-bond acceptors (Lipinski definition) is 4. The van der Waals surface area contributed by atoms with Crippen LogP contribution in [0, 0.1) is 50.2 Å². The minimum atomic E-state index is -0.431. The van der Waals surface area contributed by atoms with Gasteiger partial charge in [-0.3, -0.25) is 14.6 Å². The first-order valence-corrected chi connectivity index (χ1v) is 17.5. The van der Waals surface area contributed by atoms with Crippen LogP contribution >= 0.6 is 0 Å². The lowest BCUT2D eigenvalue weighted by molar-refractivity contribution is -0.190. The van der Waals surface area contributed by atoms with E-state index >= 15 is 0 Å². The fourth-order valence-corrected chi connectivity index (χ4v) is 11.8. The van der Waals surface area contributed by atoms with E-state index in [1.54, 1.807) is 5.57 Å². The molecule has 0 bridgehead atoms. The second-order valence-electron chi connectivity index (χ2n) is 17.4. The van der Waals surface area contributed by atoms with E-state index in [-0.39, 0.29) is 39.0 Å². The number of pyridine rings is 1. The van der Waals surface area contributed by atoms with Crippen molar-refractivity contribution in [3.8, 4) is 0 Å². The average Bonchev–Trinajstić information content (AvgIpc) is 2.96. The largest absolute Gasteiger partial charge is 0.465 e. The predicted octanol–water partition coefficient (Wildman–Crippen LogP) is 9.62. The van der Waals surface area contributed by atoms with Crippen molar-refractivity contribution >= 4 is 17.3 Å². The van der Waals surface area contributed by atoms with Gasteiger partial charge in [0.2, 0.25) is 0 Å². The maximum Gasteiger partial charge on any atom is 0.312 e. The highest BCUT2D eigenvalue weighted by Gasteiger charge is 2.70. The molecule has 1 aromatic heterocycles. The van der Waals surface area contributed by atoms with Crippen molar-refractivity contribution in [3.63, 3.8) is 0 Å². The Balaban J connectivity index is 1.55. The summed E-state index contributed by atoms with van der Waals surface area (Å²) in [5.74, 6) is 1.62. The van der Waals surface area contributed by atoms with Gasteiger partial charge >= 0.3 is 5.97 Å². The number of nitrogens with zero attached hydrogens (tertiary/aromatic N) is 1. The van der Waals surface area contributed by atoms with Crippen molar-refractivity contribution in [1.82, 2.24) is 4.98 Å². The molecule has 236 valence electrons. The number of carbonyl (C=O) groups is 2. The third-order valence-electron chi connectivity index (χ3n) is 14.6. The molecule has 0 spiro atoms. The summed E-state index contributed by atoms with van der Waals surface area (Å²) in [6.45, 7) is 19.8. The summed E-state index contributed by atoms with van der Waals surface area (Å²) in [5, 5.41) is 0. The van der Waals surface area contributed by atoms with E-state index in [0.717, 1.165) is 70.6 Å². The van der Waals surface area contributed by atoms with Gasteiger partial charge in [0.1, 0.15) is 5.78 Å². The lowest BCUT2D eigenvalue weighted by Crippen LogP contribution is -2.65. The highest BCUT2D eigenvalue weighted by Crippen LogP contribution is 2.77. The fourth-order valence-electron chi connectivity index (χ4n) is 11.8. The van der Waals surface area contributed by atoms with Crippen molar-refractivity contribution in [2.75, 3.05) is 6.61 Å². The summed E-state index contributed by atoms with van der Waals surface area (Å²) in [5.41, 5.74) is 4.04. The first kappa shape index (κ1) is 31.0. The van der Waals surface area contributed by atoms with Crippen LogP contribution in [-0.2, 0) is 14.3 Å². The SMILES string of the molecule is CCCCOC(=O)[C@]12CCC(C)(C)C[C@H]1C1=C(c3ccncc3)CC3[C@@]4(C)CCC(=O)C(C)(C)[C@@H]4CC[C@@]3(C)[C@]1(C)CC2. The predicted molar refractivity (Wildman–Crippen MR) is 173 cm³/mol. The fraction of sp³-hybridized carbons (Fsp3) is 0.769. The molecule has 7 atom stereocenters. The van der Waals surface area contributed by atoms with E-state index in [0.29, 0.717) is 30.6 Å². The molecule has 4 fully saturated rings. The van der Waals surface area contributed by atoms with E-state index in [2.05, 4.69) is 72.5 Å². The van der Waals surface area contributed by atoms with Crippen molar-refractivity contribution < 1.29 is 14.3 Å². The molecule has 0 amide bonds. The number of ether oxygens (including phenoxy) is 1. The molecular weight excluding hydrogens is 530 g/mol. The number of rotatable bonds is 5. The smallest absolute Gasteiger partial charge is 0.312 e. The van der Waals surface area contributed by atoms with Crippen LogP contribution in [0.15, 0.2) is 30.1 Å². The molecule has 0 saturated heterocycles. The number of hydrogen-bond donors (Lipinski definition) is 0. The topological polar surface area (TPSA) is 56.3 Å². The molecule has 1 aromatic rings. The number of Topliss-reactive ketones (excluding diaryl/α,β-unsaturated/α-hetero) is 1. The van der Waals surface area contributed by atoms with E-state index in [1.165, 1.54) is 11.1 Å². The Kier molecular flexibility index (Phi) is 7.42. The molecule has 0 aromatic carbocycles. The van der Waals surface area contributed by atoms with Gasteiger partial charge in [-0.25, -0.2) is 0 Å². The lowest BCUT2D eigenvalue weighted by Gasteiger charge is -2.71. The quantitative estimate of drug-likeness (QED) is 0.254. The molecule has 6 rings (SSSR count). The van der Waals surface area contributed by atoms with Gasteiger partial charge in [-0.05, 0) is 127 Å². The van der Waals surface area contributed by atoms with Gasteiger partial charge < -0.3 is 4.74 Å². The average molecular weight is 588 g/mol. The molecule has 5 aliphatic carbocycles. The molecule has 1 unspecified atom stereocenters. The van der Waals surface area contributed by atoms with Gasteiger partial charge in [0.25, 0.3) is 0 Å². The summed E-state index contributed by atoms with van der Waals surface area (Å²) < 4.78 is 6.15. The highest BCUT2D eigenvalue weighted by atomic mass is 16.5. The van der Waals surface area contributed by atoms with Gasteiger partial charge in [0, 0.05) is 24.2 Å². The molecule has 4 heteroatoms. The van der Waals surface area contributed by atoms with Crippen molar-refractivity contribution in [2.24, 2.45) is 50.2 Å². The number of ketones is 1. The molecule has 1 heterocycles. The molecule has 4 nitrogen and oxygen atoms in total. The van der Waals surface area contributed by atoms with E-state index < -0.39 is 5.41 Å². The van der Waals surface area contributed by atoms with Gasteiger partial charge in [-0.15, -0.1) is 0 Å². The first-order valence-electron chi connectivity index (χ1n) is 17.5. The van der Waals surface area contributed by atoms with Gasteiger partial charge in [-0.2, -0.15) is 0 Å². The monoisotopic (exact) mass is 587 g/mol. The number of unbranched alkanes of at least 4 members (excludes halogenated alkanes) is 1. The molecule has 5 aliphatic rings. The standard InChI is InChI=1S/C39H57NO3/c1-9-10-23-43-33(42)39-19-17-34(2,3)25-28(39)32-27(26-13-21-40-22-14-26)24-30-36(6)15-12-31(41)35(4,5)29(36)11-16-37(30,7)38(32,8)18-20-39/h13-14,21-22,28-30H,9-12,15-20,23-25H2,1-8H3/t28-,29-,30?,36-,37+,38+,39-/m0/s1. The van der Waals surface area contributed by atoms with Crippen LogP contribution in [0.3, 0.4) is 0 Å². The number of carbonyl (C=O) groups excluding carboxylic acids is 2.